The second-order valence-corrected chi connectivity index (χ2v) is 5.36. The van der Waals surface area contributed by atoms with E-state index >= 15 is 0 Å². The van der Waals surface area contributed by atoms with Gasteiger partial charge >= 0.3 is 5.97 Å². The molecule has 0 saturated heterocycles. The van der Waals surface area contributed by atoms with Crippen LogP contribution in [0.5, 0.6) is 0 Å². The number of carbonyl (C=O) groups is 2. The highest BCUT2D eigenvalue weighted by Gasteiger charge is 2.35. The van der Waals surface area contributed by atoms with Crippen LogP contribution in [0.25, 0.3) is 0 Å². The first kappa shape index (κ1) is 14.8. The molecule has 1 aromatic rings. The molecular formula is C14H15ClFNO3. The summed E-state index contributed by atoms with van der Waals surface area (Å²) in [7, 11) is 0. The van der Waals surface area contributed by atoms with E-state index in [0.29, 0.717) is 18.5 Å². The van der Waals surface area contributed by atoms with Gasteiger partial charge in [-0.3, -0.25) is 9.59 Å². The van der Waals surface area contributed by atoms with Crippen LogP contribution in [0.1, 0.15) is 25.7 Å². The number of benzene rings is 1. The van der Waals surface area contributed by atoms with Crippen molar-refractivity contribution in [3.63, 3.8) is 0 Å². The van der Waals surface area contributed by atoms with E-state index in [0.717, 1.165) is 18.9 Å². The molecule has 4 nitrogen and oxygen atoms in total. The third-order valence-electron chi connectivity index (χ3n) is 3.61. The molecule has 1 aliphatic carbocycles. The van der Waals surface area contributed by atoms with Crippen LogP contribution in [0.2, 0.25) is 5.02 Å². The number of amides is 1. The second kappa shape index (κ2) is 6.22. The van der Waals surface area contributed by atoms with Crippen molar-refractivity contribution in [1.29, 1.82) is 0 Å². The van der Waals surface area contributed by atoms with Gasteiger partial charge in [0.1, 0.15) is 5.82 Å². The molecule has 2 rings (SSSR count). The van der Waals surface area contributed by atoms with Crippen molar-refractivity contribution in [3.05, 3.63) is 29.0 Å². The van der Waals surface area contributed by atoms with E-state index in [2.05, 4.69) is 5.32 Å². The predicted molar refractivity (Wildman–Crippen MR) is 73.1 cm³/mol. The fourth-order valence-corrected chi connectivity index (χ4v) is 2.73. The van der Waals surface area contributed by atoms with E-state index in [1.807, 2.05) is 0 Å². The highest BCUT2D eigenvalue weighted by Crippen LogP contribution is 2.31. The van der Waals surface area contributed by atoms with Crippen molar-refractivity contribution in [1.82, 2.24) is 0 Å². The van der Waals surface area contributed by atoms with Gasteiger partial charge in [0.2, 0.25) is 5.91 Å². The van der Waals surface area contributed by atoms with Crippen LogP contribution >= 0.6 is 11.6 Å². The summed E-state index contributed by atoms with van der Waals surface area (Å²) in [5, 5.41) is 11.7. The monoisotopic (exact) mass is 299 g/mol. The van der Waals surface area contributed by atoms with Crippen molar-refractivity contribution in [2.45, 2.75) is 25.7 Å². The number of halogens is 2. The molecule has 2 N–H and O–H groups in total. The molecule has 0 spiro atoms. The Bertz CT molecular complexity index is 535. The minimum Gasteiger partial charge on any atom is -0.481 e. The minimum atomic E-state index is -0.943. The van der Waals surface area contributed by atoms with Gasteiger partial charge in [-0.2, -0.15) is 0 Å². The molecule has 1 fully saturated rings. The Kier molecular flexibility index (Phi) is 4.60. The smallest absolute Gasteiger partial charge is 0.307 e. The van der Waals surface area contributed by atoms with Crippen LogP contribution in [0.15, 0.2) is 18.2 Å². The first-order chi connectivity index (χ1) is 9.49. The number of carbonyl (C=O) groups excluding carboxylic acids is 1. The molecule has 1 saturated carbocycles. The van der Waals surface area contributed by atoms with Crippen molar-refractivity contribution in [2.75, 3.05) is 5.32 Å². The zero-order valence-electron chi connectivity index (χ0n) is 10.7. The van der Waals surface area contributed by atoms with Gasteiger partial charge < -0.3 is 10.4 Å². The third kappa shape index (κ3) is 3.28. The van der Waals surface area contributed by atoms with Crippen molar-refractivity contribution < 1.29 is 19.1 Å². The number of nitrogens with one attached hydrogen (secondary N) is 1. The third-order valence-corrected chi connectivity index (χ3v) is 3.90. The number of carboxylic acid groups (broad SMARTS) is 1. The maximum Gasteiger partial charge on any atom is 0.307 e. The molecule has 2 atom stereocenters. The van der Waals surface area contributed by atoms with Gasteiger partial charge in [0.15, 0.2) is 0 Å². The number of hydrogen-bond acceptors (Lipinski definition) is 2. The second-order valence-electron chi connectivity index (χ2n) is 4.95. The molecule has 0 unspecified atom stereocenters. The van der Waals surface area contributed by atoms with E-state index in [-0.39, 0.29) is 10.9 Å². The lowest BCUT2D eigenvalue weighted by atomic mass is 9.78. The average molecular weight is 300 g/mol. The van der Waals surface area contributed by atoms with Gasteiger partial charge in [-0.25, -0.2) is 4.39 Å². The first-order valence-corrected chi connectivity index (χ1v) is 6.85. The highest BCUT2D eigenvalue weighted by atomic mass is 35.5. The molecule has 6 heteroatoms. The largest absolute Gasteiger partial charge is 0.481 e. The lowest BCUT2D eigenvalue weighted by Crippen LogP contribution is -2.36. The molecule has 0 radical (unpaired) electrons. The quantitative estimate of drug-likeness (QED) is 0.900. The summed E-state index contributed by atoms with van der Waals surface area (Å²) in [6.07, 6.45) is 2.73. The van der Waals surface area contributed by atoms with E-state index in [9.17, 15) is 14.0 Å². The van der Waals surface area contributed by atoms with Crippen LogP contribution in [-0.2, 0) is 9.59 Å². The summed E-state index contributed by atoms with van der Waals surface area (Å²) in [4.78, 5) is 23.3. The molecule has 0 heterocycles. The van der Waals surface area contributed by atoms with Crippen LogP contribution in [-0.4, -0.2) is 17.0 Å². The zero-order chi connectivity index (χ0) is 14.7. The summed E-state index contributed by atoms with van der Waals surface area (Å²) < 4.78 is 13.0. The Morgan fingerprint density at radius 1 is 1.25 bits per heavy atom. The van der Waals surface area contributed by atoms with Crippen LogP contribution in [0.3, 0.4) is 0 Å². The Morgan fingerprint density at radius 2 is 1.90 bits per heavy atom. The highest BCUT2D eigenvalue weighted by molar-refractivity contribution is 6.31. The van der Waals surface area contributed by atoms with Gasteiger partial charge in [0, 0.05) is 5.69 Å². The SMILES string of the molecule is O=C(O)[C@@H]1CCCC[C@H]1C(=O)Nc1ccc(F)c(Cl)c1. The zero-order valence-corrected chi connectivity index (χ0v) is 11.5. The van der Waals surface area contributed by atoms with E-state index in [1.165, 1.54) is 12.1 Å². The Hall–Kier alpha value is -1.62. The normalized spacial score (nSPS) is 22.3. The van der Waals surface area contributed by atoms with E-state index in [1.54, 1.807) is 0 Å². The molecule has 0 aromatic heterocycles. The lowest BCUT2D eigenvalue weighted by molar-refractivity contribution is -0.147. The molecule has 0 bridgehead atoms. The number of rotatable bonds is 3. The molecule has 1 aromatic carbocycles. The summed E-state index contributed by atoms with van der Waals surface area (Å²) in [5.41, 5.74) is 0.371. The molecule has 0 aliphatic heterocycles. The van der Waals surface area contributed by atoms with Crippen LogP contribution < -0.4 is 5.32 Å². The Morgan fingerprint density at radius 3 is 2.50 bits per heavy atom. The van der Waals surface area contributed by atoms with Gasteiger partial charge in [0.25, 0.3) is 0 Å². The van der Waals surface area contributed by atoms with Crippen LogP contribution in [0, 0.1) is 17.7 Å². The van der Waals surface area contributed by atoms with Gasteiger partial charge in [0.05, 0.1) is 16.9 Å². The average Bonchev–Trinajstić information content (AvgIpc) is 2.43. The van der Waals surface area contributed by atoms with Gasteiger partial charge in [-0.15, -0.1) is 0 Å². The van der Waals surface area contributed by atoms with E-state index < -0.39 is 23.6 Å². The number of carboxylic acids is 1. The summed E-state index contributed by atoms with van der Waals surface area (Å²) >= 11 is 5.64. The minimum absolute atomic E-state index is 0.0822. The molecule has 1 aliphatic rings. The molecule has 1 amide bonds. The molecular weight excluding hydrogens is 285 g/mol. The first-order valence-electron chi connectivity index (χ1n) is 6.48. The van der Waals surface area contributed by atoms with Crippen molar-refractivity contribution >= 4 is 29.2 Å². The summed E-state index contributed by atoms with van der Waals surface area (Å²) in [6.45, 7) is 0. The fraction of sp³-hybridized carbons (Fsp3) is 0.429. The molecule has 20 heavy (non-hydrogen) atoms. The summed E-state index contributed by atoms with van der Waals surface area (Å²) in [5.74, 6) is -3.06. The number of hydrogen-bond donors (Lipinski definition) is 2. The Labute approximate surface area is 120 Å². The van der Waals surface area contributed by atoms with E-state index in [4.69, 9.17) is 16.7 Å². The number of aliphatic carboxylic acids is 1. The van der Waals surface area contributed by atoms with Crippen molar-refractivity contribution in [2.24, 2.45) is 11.8 Å². The lowest BCUT2D eigenvalue weighted by Gasteiger charge is -2.27. The van der Waals surface area contributed by atoms with Gasteiger partial charge in [-0.05, 0) is 31.0 Å². The fourth-order valence-electron chi connectivity index (χ4n) is 2.55. The van der Waals surface area contributed by atoms with Crippen LogP contribution in [0.4, 0.5) is 10.1 Å². The maximum absolute atomic E-state index is 13.0. The summed E-state index contributed by atoms with van der Waals surface area (Å²) in [6, 6.07) is 3.87. The predicted octanol–water partition coefficient (Wildman–Crippen LogP) is 3.31. The number of anilines is 1. The Balaban J connectivity index is 2.09. The molecule has 108 valence electrons. The standard InChI is InChI=1S/C14H15ClFNO3/c15-11-7-8(5-6-12(11)16)17-13(18)9-3-1-2-4-10(9)14(19)20/h5-7,9-10H,1-4H2,(H,17,18)(H,19,20)/t9-,10-/m1/s1. The topological polar surface area (TPSA) is 66.4 Å². The van der Waals surface area contributed by atoms with Gasteiger partial charge in [-0.1, -0.05) is 24.4 Å². The maximum atomic E-state index is 13.0. The van der Waals surface area contributed by atoms with Crippen molar-refractivity contribution in [3.8, 4) is 0 Å².